The smallest absolute Gasteiger partial charge is 0.341 e. The quantitative estimate of drug-likeness (QED) is 0.586. The normalized spacial score (nSPS) is 11.9. The third-order valence-corrected chi connectivity index (χ3v) is 2.81. The Labute approximate surface area is 130 Å². The number of rotatable bonds is 6. The molecular weight excluding hydrogens is 315 g/mol. The largest absolute Gasteiger partial charge is 0.494 e. The summed E-state index contributed by atoms with van der Waals surface area (Å²) in [4.78, 5) is 11.8. The average Bonchev–Trinajstić information content (AvgIpc) is 2.47. The van der Waals surface area contributed by atoms with E-state index in [1.807, 2.05) is 13.8 Å². The Morgan fingerprint density at radius 2 is 1.91 bits per heavy atom. The average molecular weight is 336 g/mol. The van der Waals surface area contributed by atoms with Crippen LogP contribution in [-0.2, 0) is 23.8 Å². The lowest BCUT2D eigenvalue weighted by atomic mass is 10.1. The Hall–Kier alpha value is -1.67. The highest BCUT2D eigenvalue weighted by atomic mass is 32.2. The van der Waals surface area contributed by atoms with Crippen molar-refractivity contribution in [3.63, 3.8) is 0 Å². The van der Waals surface area contributed by atoms with E-state index in [1.54, 1.807) is 0 Å². The van der Waals surface area contributed by atoms with E-state index in [2.05, 4.69) is 4.18 Å². The van der Waals surface area contributed by atoms with Crippen molar-refractivity contribution in [1.29, 1.82) is 0 Å². The number of halogens is 1. The predicted octanol–water partition coefficient (Wildman–Crippen LogP) is 2.44. The molecule has 0 aliphatic heterocycles. The van der Waals surface area contributed by atoms with Crippen molar-refractivity contribution in [3.8, 4) is 5.75 Å². The lowest BCUT2D eigenvalue weighted by Crippen LogP contribution is -2.22. The molecule has 0 amide bonds. The first-order valence-electron chi connectivity index (χ1n) is 6.67. The molecule has 0 aliphatic rings. The van der Waals surface area contributed by atoms with Gasteiger partial charge in [-0.2, -0.15) is 8.42 Å². The fourth-order valence-electron chi connectivity index (χ4n) is 1.50. The van der Waals surface area contributed by atoms with E-state index in [0.29, 0.717) is 0 Å². The molecule has 1 aromatic rings. The highest BCUT2D eigenvalue weighted by molar-refractivity contribution is 7.86. The van der Waals surface area contributed by atoms with Crippen LogP contribution in [0.3, 0.4) is 0 Å². The van der Waals surface area contributed by atoms with E-state index in [9.17, 15) is 17.6 Å². The number of hydrogen-bond donors (Lipinski definition) is 0. The van der Waals surface area contributed by atoms with Gasteiger partial charge in [0.2, 0.25) is 6.10 Å². The van der Waals surface area contributed by atoms with E-state index in [4.69, 9.17) is 9.47 Å². The second-order valence-electron chi connectivity index (χ2n) is 3.80. The molecule has 126 valence electrons. The van der Waals surface area contributed by atoms with Crippen LogP contribution in [0, 0.1) is 5.82 Å². The SMILES string of the molecule is CC.CCOC(=O)C(OS(C)(=O)=O)c1cccc(OC)c1F. The molecule has 0 heterocycles. The van der Waals surface area contributed by atoms with E-state index in [1.165, 1.54) is 32.2 Å². The molecule has 0 aromatic heterocycles. The van der Waals surface area contributed by atoms with Gasteiger partial charge in [-0.15, -0.1) is 0 Å². The summed E-state index contributed by atoms with van der Waals surface area (Å²) < 4.78 is 50.6. The molecule has 6 nitrogen and oxygen atoms in total. The minimum Gasteiger partial charge on any atom is -0.494 e. The van der Waals surface area contributed by atoms with Gasteiger partial charge < -0.3 is 9.47 Å². The maximum Gasteiger partial charge on any atom is 0.341 e. The minimum atomic E-state index is -3.98. The van der Waals surface area contributed by atoms with Crippen LogP contribution in [0.5, 0.6) is 5.75 Å². The minimum absolute atomic E-state index is 0.00798. The molecule has 0 saturated heterocycles. The van der Waals surface area contributed by atoms with Gasteiger partial charge in [-0.25, -0.2) is 13.4 Å². The lowest BCUT2D eigenvalue weighted by Gasteiger charge is -2.16. The number of carbonyl (C=O) groups excluding carboxylic acids is 1. The van der Waals surface area contributed by atoms with Gasteiger partial charge in [0.1, 0.15) is 0 Å². The Balaban J connectivity index is 0.00000211. The predicted molar refractivity (Wildman–Crippen MR) is 79.6 cm³/mol. The fourth-order valence-corrected chi connectivity index (χ4v) is 2.03. The van der Waals surface area contributed by atoms with Gasteiger partial charge in [-0.1, -0.05) is 26.0 Å². The van der Waals surface area contributed by atoms with Gasteiger partial charge in [0.05, 0.1) is 20.0 Å². The maximum atomic E-state index is 14.1. The van der Waals surface area contributed by atoms with Crippen LogP contribution in [0.1, 0.15) is 32.4 Å². The van der Waals surface area contributed by atoms with Crippen molar-refractivity contribution in [2.45, 2.75) is 26.9 Å². The van der Waals surface area contributed by atoms with E-state index < -0.39 is 28.0 Å². The second kappa shape index (κ2) is 9.37. The molecule has 0 radical (unpaired) electrons. The summed E-state index contributed by atoms with van der Waals surface area (Å²) in [5.41, 5.74) is -0.270. The van der Waals surface area contributed by atoms with Crippen LogP contribution in [0.25, 0.3) is 0 Å². The molecular formula is C14H21FO6S. The molecule has 0 fully saturated rings. The Bertz CT molecular complexity index is 585. The van der Waals surface area contributed by atoms with Crippen molar-refractivity contribution in [3.05, 3.63) is 29.6 Å². The van der Waals surface area contributed by atoms with Crippen molar-refractivity contribution in [2.75, 3.05) is 20.0 Å². The van der Waals surface area contributed by atoms with Crippen molar-refractivity contribution in [1.82, 2.24) is 0 Å². The molecule has 0 aliphatic carbocycles. The topological polar surface area (TPSA) is 78.9 Å². The van der Waals surface area contributed by atoms with Crippen LogP contribution in [0.15, 0.2) is 18.2 Å². The van der Waals surface area contributed by atoms with Crippen molar-refractivity contribution < 1.29 is 31.3 Å². The first-order valence-corrected chi connectivity index (χ1v) is 8.49. The zero-order valence-electron chi connectivity index (χ0n) is 13.3. The molecule has 1 aromatic carbocycles. The summed E-state index contributed by atoms with van der Waals surface area (Å²) in [6.07, 6.45) is -0.947. The van der Waals surface area contributed by atoms with E-state index in [-0.39, 0.29) is 17.9 Å². The molecule has 0 bridgehead atoms. The van der Waals surface area contributed by atoms with Crippen molar-refractivity contribution >= 4 is 16.1 Å². The van der Waals surface area contributed by atoms with Crippen LogP contribution < -0.4 is 4.74 Å². The summed E-state index contributed by atoms with van der Waals surface area (Å²) in [6.45, 7) is 5.55. The molecule has 22 heavy (non-hydrogen) atoms. The summed E-state index contributed by atoms with van der Waals surface area (Å²) in [5.74, 6) is -2.00. The van der Waals surface area contributed by atoms with Crippen molar-refractivity contribution in [2.24, 2.45) is 0 Å². The van der Waals surface area contributed by atoms with E-state index >= 15 is 0 Å². The van der Waals surface area contributed by atoms with Gasteiger partial charge in [-0.05, 0) is 13.0 Å². The molecule has 8 heteroatoms. The van der Waals surface area contributed by atoms with Crippen LogP contribution in [0.2, 0.25) is 0 Å². The zero-order valence-corrected chi connectivity index (χ0v) is 14.1. The Kier molecular flexibility index (Phi) is 8.66. The van der Waals surface area contributed by atoms with Gasteiger partial charge in [-0.3, -0.25) is 0 Å². The Morgan fingerprint density at radius 1 is 1.32 bits per heavy atom. The number of ether oxygens (including phenoxy) is 2. The van der Waals surface area contributed by atoms with Gasteiger partial charge in [0.15, 0.2) is 11.6 Å². The Morgan fingerprint density at radius 3 is 2.36 bits per heavy atom. The third kappa shape index (κ3) is 5.98. The highest BCUT2D eigenvalue weighted by Crippen LogP contribution is 2.29. The first-order chi connectivity index (χ1) is 10.3. The summed E-state index contributed by atoms with van der Waals surface area (Å²) >= 11 is 0. The van der Waals surface area contributed by atoms with Crippen LogP contribution in [-0.4, -0.2) is 34.4 Å². The number of esters is 1. The monoisotopic (exact) mass is 336 g/mol. The van der Waals surface area contributed by atoms with Crippen LogP contribution >= 0.6 is 0 Å². The van der Waals surface area contributed by atoms with Gasteiger partial charge in [0, 0.05) is 5.56 Å². The summed E-state index contributed by atoms with van der Waals surface area (Å²) in [5, 5.41) is 0. The molecule has 0 N–H and O–H groups in total. The van der Waals surface area contributed by atoms with E-state index in [0.717, 1.165) is 6.26 Å². The molecule has 0 saturated carbocycles. The third-order valence-electron chi connectivity index (χ3n) is 2.27. The summed E-state index contributed by atoms with van der Waals surface area (Å²) in [6, 6.07) is 3.97. The number of hydrogen-bond acceptors (Lipinski definition) is 6. The summed E-state index contributed by atoms with van der Waals surface area (Å²) in [7, 11) is -2.73. The maximum absolute atomic E-state index is 14.1. The number of carbonyl (C=O) groups is 1. The van der Waals surface area contributed by atoms with Gasteiger partial charge in [0.25, 0.3) is 10.1 Å². The lowest BCUT2D eigenvalue weighted by molar-refractivity contribution is -0.151. The first kappa shape index (κ1) is 20.3. The van der Waals surface area contributed by atoms with Gasteiger partial charge >= 0.3 is 5.97 Å². The zero-order chi connectivity index (χ0) is 17.3. The second-order valence-corrected chi connectivity index (χ2v) is 5.40. The molecule has 1 unspecified atom stereocenters. The molecule has 0 spiro atoms. The standard InChI is InChI=1S/C12H15FO6S.C2H6/c1-4-18-12(14)11(19-20(3,15)16)8-6-5-7-9(17-2)10(8)13;1-2/h5-7,11H,4H2,1-3H3;1-2H3. The fraction of sp³-hybridized carbons (Fsp3) is 0.500. The van der Waals surface area contributed by atoms with Crippen LogP contribution in [0.4, 0.5) is 4.39 Å². The molecule has 1 rings (SSSR count). The molecule has 1 atom stereocenters. The number of benzene rings is 1. The highest BCUT2D eigenvalue weighted by Gasteiger charge is 2.30. The number of methoxy groups -OCH3 is 1.